The third kappa shape index (κ3) is 9.45. The Morgan fingerprint density at radius 2 is 0.983 bits per heavy atom. The SMILES string of the molecule is CC(CCNCCC12CCCC(OC(=O)C(=O)OC3CCCC4(CCNCCC(C)Oc5ccccc5)Oc5ccccc5C34)C1c1ccccc1O2)Oc1ccccc1. The predicted octanol–water partition coefficient (Wildman–Crippen LogP) is 8.68. The number of para-hydroxylation sites is 4. The fourth-order valence-corrected chi connectivity index (χ4v) is 10.2. The highest BCUT2D eigenvalue weighted by molar-refractivity contribution is 6.29. The lowest BCUT2D eigenvalue weighted by molar-refractivity contribution is -0.181. The Hall–Kier alpha value is -5.06. The largest absolute Gasteiger partial charge is 0.491 e. The lowest BCUT2D eigenvalue weighted by Crippen LogP contribution is -2.51. The van der Waals surface area contributed by atoms with Gasteiger partial charge in [-0.15, -0.1) is 0 Å². The van der Waals surface area contributed by atoms with E-state index in [1.54, 1.807) is 0 Å². The number of hydrogen-bond acceptors (Lipinski definition) is 10. The summed E-state index contributed by atoms with van der Waals surface area (Å²) in [5.41, 5.74) is 0.948. The molecule has 2 N–H and O–H groups in total. The predicted molar refractivity (Wildman–Crippen MR) is 230 cm³/mol. The highest BCUT2D eigenvalue weighted by Crippen LogP contribution is 2.56. The van der Waals surface area contributed by atoms with Gasteiger partial charge in [-0.25, -0.2) is 9.59 Å². The van der Waals surface area contributed by atoms with Crippen molar-refractivity contribution in [1.82, 2.24) is 10.6 Å². The van der Waals surface area contributed by atoms with Gasteiger partial charge in [0.05, 0.1) is 24.0 Å². The fraction of sp³-hybridized carbons (Fsp3) is 0.480. The van der Waals surface area contributed by atoms with Gasteiger partial charge in [0.15, 0.2) is 0 Å². The molecule has 2 fully saturated rings. The van der Waals surface area contributed by atoms with E-state index in [1.807, 2.05) is 97.1 Å². The van der Waals surface area contributed by atoms with Crippen molar-refractivity contribution in [3.05, 3.63) is 120 Å². The van der Waals surface area contributed by atoms with E-state index in [4.69, 9.17) is 28.4 Å². The Kier molecular flexibility index (Phi) is 13.3. The van der Waals surface area contributed by atoms with Crippen LogP contribution in [0.1, 0.15) is 101 Å². The number of carbonyl (C=O) groups excluding carboxylic acids is 2. The zero-order chi connectivity index (χ0) is 41.4. The maximum atomic E-state index is 13.8. The van der Waals surface area contributed by atoms with Crippen molar-refractivity contribution < 1.29 is 38.0 Å². The molecule has 0 saturated heterocycles. The highest BCUT2D eigenvalue weighted by Gasteiger charge is 2.57. The van der Waals surface area contributed by atoms with Crippen molar-refractivity contribution in [3.8, 4) is 23.0 Å². The Bertz CT molecular complexity index is 1890. The van der Waals surface area contributed by atoms with Crippen LogP contribution in [0.5, 0.6) is 23.0 Å². The minimum absolute atomic E-state index is 0.0689. The minimum atomic E-state index is -0.942. The van der Waals surface area contributed by atoms with E-state index in [2.05, 4.69) is 36.6 Å². The Labute approximate surface area is 354 Å². The molecular weight excluding hydrogens is 757 g/mol. The van der Waals surface area contributed by atoms with Gasteiger partial charge in [0, 0.05) is 24.0 Å². The number of ether oxygens (including phenoxy) is 6. The lowest BCUT2D eigenvalue weighted by atomic mass is 9.70. The number of carbonyl (C=O) groups is 2. The molecule has 0 bridgehead atoms. The van der Waals surface area contributed by atoms with Crippen LogP contribution in [0, 0.1) is 0 Å². The third-order valence-electron chi connectivity index (χ3n) is 12.9. The molecule has 0 radical (unpaired) electrons. The Morgan fingerprint density at radius 1 is 0.583 bits per heavy atom. The number of fused-ring (bicyclic) bond motifs is 6. The number of nitrogens with one attached hydrogen (secondary N) is 2. The monoisotopic (exact) mass is 816 g/mol. The Balaban J connectivity index is 0.873. The van der Waals surface area contributed by atoms with E-state index >= 15 is 0 Å². The van der Waals surface area contributed by atoms with Crippen LogP contribution >= 0.6 is 0 Å². The van der Waals surface area contributed by atoms with Crippen LogP contribution in [0.25, 0.3) is 0 Å². The summed E-state index contributed by atoms with van der Waals surface area (Å²) in [6.07, 6.45) is 6.87. The molecule has 10 nitrogen and oxygen atoms in total. The molecule has 8 unspecified atom stereocenters. The summed E-state index contributed by atoms with van der Waals surface area (Å²) in [7, 11) is 0. The zero-order valence-electron chi connectivity index (χ0n) is 35.0. The first-order valence-corrected chi connectivity index (χ1v) is 22.1. The summed E-state index contributed by atoms with van der Waals surface area (Å²) in [5, 5.41) is 7.20. The van der Waals surface area contributed by atoms with Crippen LogP contribution in [-0.2, 0) is 19.1 Å². The molecular formula is C50H60N2O8. The quantitative estimate of drug-likeness (QED) is 0.0575. The van der Waals surface area contributed by atoms with Gasteiger partial charge >= 0.3 is 11.9 Å². The second kappa shape index (κ2) is 19.1. The van der Waals surface area contributed by atoms with Gasteiger partial charge in [0.1, 0.15) is 46.4 Å². The number of esters is 2. The first kappa shape index (κ1) is 41.7. The smallest absolute Gasteiger partial charge is 0.417 e. The molecule has 4 aliphatic rings. The van der Waals surface area contributed by atoms with Crippen molar-refractivity contribution in [2.75, 3.05) is 26.2 Å². The minimum Gasteiger partial charge on any atom is -0.491 e. The van der Waals surface area contributed by atoms with E-state index in [9.17, 15) is 9.59 Å². The van der Waals surface area contributed by atoms with Crippen LogP contribution in [0.15, 0.2) is 109 Å². The van der Waals surface area contributed by atoms with Crippen LogP contribution < -0.4 is 29.6 Å². The van der Waals surface area contributed by atoms with Crippen LogP contribution in [0.3, 0.4) is 0 Å². The van der Waals surface area contributed by atoms with Crippen LogP contribution in [0.4, 0.5) is 0 Å². The number of benzene rings is 4. The molecule has 4 aromatic carbocycles. The summed E-state index contributed by atoms with van der Waals surface area (Å²) >= 11 is 0. The van der Waals surface area contributed by atoms with Gasteiger partial charge < -0.3 is 39.1 Å². The maximum absolute atomic E-state index is 13.8. The molecule has 2 heterocycles. The molecule has 318 valence electrons. The molecule has 0 amide bonds. The maximum Gasteiger partial charge on any atom is 0.417 e. The van der Waals surface area contributed by atoms with E-state index in [1.165, 1.54) is 0 Å². The standard InChI is InChI=1S/C50H60N2O8/c1-35(55-37-15-5-3-6-16-37)25-31-51-33-29-49-27-13-23-43(45(49)39-19-9-11-21-41(39)59-49)57-47(53)48(54)58-44-24-14-28-50(46(44)40-20-10-12-22-42(40)60-50)30-34-52-32-26-36(2)56-38-17-7-4-8-18-38/h3-12,15-22,35-36,43-46,51-52H,13-14,23-34H2,1-2H3. The highest BCUT2D eigenvalue weighted by atomic mass is 16.6. The van der Waals surface area contributed by atoms with Crippen molar-refractivity contribution in [2.45, 2.75) is 126 Å². The molecule has 4 aromatic rings. The molecule has 2 saturated carbocycles. The fourth-order valence-electron chi connectivity index (χ4n) is 10.2. The molecule has 0 spiro atoms. The molecule has 10 heteroatoms. The first-order valence-electron chi connectivity index (χ1n) is 22.1. The molecule has 2 aliphatic heterocycles. The normalized spacial score (nSPS) is 25.8. The molecule has 8 rings (SSSR count). The van der Waals surface area contributed by atoms with E-state index in [0.29, 0.717) is 12.8 Å². The molecule has 8 atom stereocenters. The molecule has 60 heavy (non-hydrogen) atoms. The van der Waals surface area contributed by atoms with Crippen molar-refractivity contribution >= 4 is 11.9 Å². The number of rotatable bonds is 18. The van der Waals surface area contributed by atoms with E-state index in [-0.39, 0.29) is 24.0 Å². The summed E-state index contributed by atoms with van der Waals surface area (Å²) in [6.45, 7) is 7.23. The van der Waals surface area contributed by atoms with Crippen LogP contribution in [0.2, 0.25) is 0 Å². The average molecular weight is 817 g/mol. The third-order valence-corrected chi connectivity index (χ3v) is 12.9. The topological polar surface area (TPSA) is 114 Å². The summed E-state index contributed by atoms with van der Waals surface area (Å²) < 4.78 is 38.0. The second-order valence-electron chi connectivity index (χ2n) is 17.1. The molecule has 0 aromatic heterocycles. The second-order valence-corrected chi connectivity index (χ2v) is 17.1. The summed E-state index contributed by atoms with van der Waals surface area (Å²) in [4.78, 5) is 27.6. The van der Waals surface area contributed by atoms with Gasteiger partial charge in [-0.2, -0.15) is 0 Å². The number of hydrogen-bond donors (Lipinski definition) is 2. The van der Waals surface area contributed by atoms with Gasteiger partial charge in [0.25, 0.3) is 0 Å². The van der Waals surface area contributed by atoms with Crippen molar-refractivity contribution in [2.24, 2.45) is 0 Å². The Morgan fingerprint density at radius 3 is 1.42 bits per heavy atom. The van der Waals surface area contributed by atoms with Gasteiger partial charge in [-0.3, -0.25) is 0 Å². The van der Waals surface area contributed by atoms with Gasteiger partial charge in [0.2, 0.25) is 0 Å². The van der Waals surface area contributed by atoms with E-state index in [0.717, 1.165) is 112 Å². The lowest BCUT2D eigenvalue weighted by Gasteiger charge is -2.43. The van der Waals surface area contributed by atoms with Gasteiger partial charge in [-0.05, 0) is 128 Å². The summed E-state index contributed by atoms with van der Waals surface area (Å²) in [6, 6.07) is 35.8. The van der Waals surface area contributed by atoms with Crippen LogP contribution in [-0.4, -0.2) is 73.7 Å². The summed E-state index contributed by atoms with van der Waals surface area (Å²) in [5.74, 6) is 1.11. The van der Waals surface area contributed by atoms with Crippen molar-refractivity contribution in [3.63, 3.8) is 0 Å². The molecule has 2 aliphatic carbocycles. The average Bonchev–Trinajstić information content (AvgIpc) is 3.78. The first-order chi connectivity index (χ1) is 29.3. The zero-order valence-corrected chi connectivity index (χ0v) is 35.0. The van der Waals surface area contributed by atoms with Gasteiger partial charge in [-0.1, -0.05) is 72.8 Å². The van der Waals surface area contributed by atoms with E-state index < -0.39 is 35.3 Å². The van der Waals surface area contributed by atoms with Crippen molar-refractivity contribution in [1.29, 1.82) is 0 Å².